The van der Waals surface area contributed by atoms with Crippen LogP contribution in [0, 0.1) is 13.8 Å². The molecule has 18 heavy (non-hydrogen) atoms. The Morgan fingerprint density at radius 2 is 1.50 bits per heavy atom. The molecule has 2 aromatic carbocycles. The van der Waals surface area contributed by atoms with Crippen molar-refractivity contribution in [1.82, 2.24) is 0 Å². The Balaban J connectivity index is 2.15. The van der Waals surface area contributed by atoms with Crippen molar-refractivity contribution in [3.05, 3.63) is 59.2 Å². The summed E-state index contributed by atoms with van der Waals surface area (Å²) >= 11 is 0. The summed E-state index contributed by atoms with van der Waals surface area (Å²) in [6.07, 6.45) is 0. The Bertz CT molecular complexity index is 509. The quantitative estimate of drug-likeness (QED) is 0.832. The van der Waals surface area contributed by atoms with Crippen molar-refractivity contribution < 1.29 is 0 Å². The third-order valence-electron chi connectivity index (χ3n) is 3.04. The second-order valence-corrected chi connectivity index (χ2v) is 4.94. The first-order chi connectivity index (χ1) is 8.54. The first-order valence-electron chi connectivity index (χ1n) is 6.18. The molecule has 94 valence electrons. The van der Waals surface area contributed by atoms with E-state index in [0.717, 1.165) is 12.2 Å². The summed E-state index contributed by atoms with van der Waals surface area (Å²) in [6.45, 7) is 5.19. The molecular formula is C16H20N2. The Hall–Kier alpha value is -1.96. The molecule has 0 spiro atoms. The summed E-state index contributed by atoms with van der Waals surface area (Å²) in [7, 11) is 2.10. The maximum atomic E-state index is 5.70. The molecule has 0 radical (unpaired) electrons. The third-order valence-corrected chi connectivity index (χ3v) is 3.04. The van der Waals surface area contributed by atoms with Gasteiger partial charge in [-0.3, -0.25) is 0 Å². The maximum absolute atomic E-state index is 5.70. The lowest BCUT2D eigenvalue weighted by Crippen LogP contribution is -2.16. The molecule has 0 fully saturated rings. The highest BCUT2D eigenvalue weighted by atomic mass is 15.1. The van der Waals surface area contributed by atoms with Crippen molar-refractivity contribution >= 4 is 11.4 Å². The molecule has 0 heterocycles. The fourth-order valence-corrected chi connectivity index (χ4v) is 2.25. The molecule has 2 aromatic rings. The smallest absolute Gasteiger partial charge is 0.0426 e. The summed E-state index contributed by atoms with van der Waals surface area (Å²) in [6, 6.07) is 14.7. The van der Waals surface area contributed by atoms with Crippen molar-refractivity contribution in [2.45, 2.75) is 20.4 Å². The van der Waals surface area contributed by atoms with Gasteiger partial charge in [0.1, 0.15) is 0 Å². The predicted octanol–water partition coefficient (Wildman–Crippen LogP) is 3.52. The molecule has 0 saturated heterocycles. The van der Waals surface area contributed by atoms with Gasteiger partial charge in [-0.1, -0.05) is 29.3 Å². The van der Waals surface area contributed by atoms with Crippen molar-refractivity contribution in [2.24, 2.45) is 0 Å². The van der Waals surface area contributed by atoms with E-state index in [0.29, 0.717) is 0 Å². The average Bonchev–Trinajstić information content (AvgIpc) is 2.28. The number of nitrogen functional groups attached to an aromatic ring is 1. The first-order valence-corrected chi connectivity index (χ1v) is 6.18. The molecule has 0 unspecified atom stereocenters. The molecule has 2 rings (SSSR count). The number of benzene rings is 2. The minimum Gasteiger partial charge on any atom is -0.399 e. The number of hydrogen-bond acceptors (Lipinski definition) is 2. The van der Waals surface area contributed by atoms with Crippen LogP contribution in [0.1, 0.15) is 16.7 Å². The van der Waals surface area contributed by atoms with Crippen molar-refractivity contribution in [3.63, 3.8) is 0 Å². The Morgan fingerprint density at radius 3 is 2.06 bits per heavy atom. The molecule has 2 heteroatoms. The van der Waals surface area contributed by atoms with Gasteiger partial charge in [-0.05, 0) is 43.7 Å². The molecular weight excluding hydrogens is 220 g/mol. The molecule has 0 bridgehead atoms. The summed E-state index contributed by atoms with van der Waals surface area (Å²) in [5.74, 6) is 0. The monoisotopic (exact) mass is 240 g/mol. The van der Waals surface area contributed by atoms with Crippen LogP contribution in [-0.2, 0) is 6.54 Å². The SMILES string of the molecule is Cc1cc(C)cc(CN(C)c2ccc(N)cc2)c1. The van der Waals surface area contributed by atoms with Crippen LogP contribution in [0.15, 0.2) is 42.5 Å². The highest BCUT2D eigenvalue weighted by molar-refractivity contribution is 5.53. The van der Waals surface area contributed by atoms with Crippen LogP contribution in [0.4, 0.5) is 11.4 Å². The third kappa shape index (κ3) is 3.04. The molecule has 2 N–H and O–H groups in total. The molecule has 0 aliphatic rings. The van der Waals surface area contributed by atoms with Crippen LogP contribution in [-0.4, -0.2) is 7.05 Å². The lowest BCUT2D eigenvalue weighted by Gasteiger charge is -2.20. The van der Waals surface area contributed by atoms with Gasteiger partial charge >= 0.3 is 0 Å². The minimum atomic E-state index is 0.804. The zero-order valence-corrected chi connectivity index (χ0v) is 11.3. The van der Waals surface area contributed by atoms with Gasteiger partial charge in [-0.2, -0.15) is 0 Å². The van der Waals surface area contributed by atoms with Crippen molar-refractivity contribution in [3.8, 4) is 0 Å². The lowest BCUT2D eigenvalue weighted by atomic mass is 10.1. The van der Waals surface area contributed by atoms with Gasteiger partial charge in [0, 0.05) is 25.0 Å². The van der Waals surface area contributed by atoms with E-state index in [2.05, 4.69) is 56.1 Å². The zero-order valence-electron chi connectivity index (χ0n) is 11.3. The summed E-state index contributed by atoms with van der Waals surface area (Å²) in [5, 5.41) is 0. The predicted molar refractivity (Wildman–Crippen MR) is 78.9 cm³/mol. The molecule has 2 nitrogen and oxygen atoms in total. The van der Waals surface area contributed by atoms with Crippen LogP contribution in [0.3, 0.4) is 0 Å². The normalized spacial score (nSPS) is 10.4. The van der Waals surface area contributed by atoms with Crippen molar-refractivity contribution in [1.29, 1.82) is 0 Å². The number of aryl methyl sites for hydroxylation is 2. The number of nitrogens with two attached hydrogens (primary N) is 1. The van der Waals surface area contributed by atoms with Crippen LogP contribution < -0.4 is 10.6 Å². The molecule has 0 amide bonds. The van der Waals surface area contributed by atoms with Gasteiger partial charge in [-0.15, -0.1) is 0 Å². The average molecular weight is 240 g/mol. The highest BCUT2D eigenvalue weighted by Crippen LogP contribution is 2.18. The fraction of sp³-hybridized carbons (Fsp3) is 0.250. The van der Waals surface area contributed by atoms with Crippen LogP contribution in [0.25, 0.3) is 0 Å². The van der Waals surface area contributed by atoms with Gasteiger partial charge in [0.25, 0.3) is 0 Å². The van der Waals surface area contributed by atoms with E-state index in [1.54, 1.807) is 0 Å². The molecule has 0 atom stereocenters. The largest absolute Gasteiger partial charge is 0.399 e. The van der Waals surface area contributed by atoms with E-state index in [1.807, 2.05) is 12.1 Å². The van der Waals surface area contributed by atoms with E-state index >= 15 is 0 Å². The van der Waals surface area contributed by atoms with Crippen LogP contribution >= 0.6 is 0 Å². The highest BCUT2D eigenvalue weighted by Gasteiger charge is 2.03. The zero-order chi connectivity index (χ0) is 13.1. The van der Waals surface area contributed by atoms with Gasteiger partial charge in [-0.25, -0.2) is 0 Å². The summed E-state index contributed by atoms with van der Waals surface area (Å²) < 4.78 is 0. The Morgan fingerprint density at radius 1 is 0.944 bits per heavy atom. The Labute approximate surface area is 109 Å². The van der Waals surface area contributed by atoms with Gasteiger partial charge < -0.3 is 10.6 Å². The minimum absolute atomic E-state index is 0.804. The molecule has 0 saturated carbocycles. The molecule has 0 aromatic heterocycles. The topological polar surface area (TPSA) is 29.3 Å². The fourth-order valence-electron chi connectivity index (χ4n) is 2.25. The van der Waals surface area contributed by atoms with E-state index < -0.39 is 0 Å². The van der Waals surface area contributed by atoms with E-state index in [4.69, 9.17) is 5.73 Å². The standard InChI is InChI=1S/C16H20N2/c1-12-8-13(2)10-14(9-12)11-18(3)16-6-4-15(17)5-7-16/h4-10H,11,17H2,1-3H3. The van der Waals surface area contributed by atoms with Gasteiger partial charge in [0.15, 0.2) is 0 Å². The van der Waals surface area contributed by atoms with E-state index in [1.165, 1.54) is 22.4 Å². The number of anilines is 2. The number of rotatable bonds is 3. The van der Waals surface area contributed by atoms with Gasteiger partial charge in [0.05, 0.1) is 0 Å². The number of hydrogen-bond donors (Lipinski definition) is 1. The number of nitrogens with zero attached hydrogens (tertiary/aromatic N) is 1. The Kier molecular flexibility index (Phi) is 3.56. The second-order valence-electron chi connectivity index (χ2n) is 4.94. The van der Waals surface area contributed by atoms with Crippen LogP contribution in [0.2, 0.25) is 0 Å². The lowest BCUT2D eigenvalue weighted by molar-refractivity contribution is 0.920. The van der Waals surface area contributed by atoms with E-state index in [9.17, 15) is 0 Å². The second kappa shape index (κ2) is 5.13. The maximum Gasteiger partial charge on any atom is 0.0426 e. The molecule has 0 aliphatic heterocycles. The van der Waals surface area contributed by atoms with Crippen LogP contribution in [0.5, 0.6) is 0 Å². The van der Waals surface area contributed by atoms with Crippen molar-refractivity contribution in [2.75, 3.05) is 17.7 Å². The summed E-state index contributed by atoms with van der Waals surface area (Å²) in [4.78, 5) is 2.23. The van der Waals surface area contributed by atoms with Gasteiger partial charge in [0.2, 0.25) is 0 Å². The van der Waals surface area contributed by atoms with E-state index in [-0.39, 0.29) is 0 Å². The first kappa shape index (κ1) is 12.5. The summed E-state index contributed by atoms with van der Waals surface area (Å²) in [5.41, 5.74) is 11.7. The molecule has 0 aliphatic carbocycles.